The highest BCUT2D eigenvalue weighted by Gasteiger charge is 2.20. The number of carbonyl (C=O) groups is 1. The Morgan fingerprint density at radius 3 is 2.65 bits per heavy atom. The van der Waals surface area contributed by atoms with E-state index in [1.54, 1.807) is 6.08 Å². The molecule has 0 amide bonds. The van der Waals surface area contributed by atoms with Crippen LogP contribution in [0, 0.1) is 6.92 Å². The third-order valence-corrected chi connectivity index (χ3v) is 3.04. The van der Waals surface area contributed by atoms with Gasteiger partial charge in [-0.15, -0.1) is 0 Å². The van der Waals surface area contributed by atoms with E-state index in [0.29, 0.717) is 0 Å². The zero-order valence-corrected chi connectivity index (χ0v) is 10.2. The first-order valence-electron chi connectivity index (χ1n) is 5.79. The van der Waals surface area contributed by atoms with Crippen molar-refractivity contribution in [3.8, 4) is 0 Å². The summed E-state index contributed by atoms with van der Waals surface area (Å²) in [5, 5.41) is 13.1. The second-order valence-electron chi connectivity index (χ2n) is 4.31. The second kappa shape index (κ2) is 4.61. The van der Waals surface area contributed by atoms with Gasteiger partial charge in [0.05, 0.1) is 5.69 Å². The van der Waals surface area contributed by atoms with Crippen LogP contribution in [0.1, 0.15) is 24.1 Å². The first kappa shape index (κ1) is 11.7. The molecule has 0 atom stereocenters. The molecule has 0 unspecified atom stereocenters. The van der Waals surface area contributed by atoms with Crippen molar-refractivity contribution in [1.82, 2.24) is 9.78 Å². The van der Waals surface area contributed by atoms with E-state index in [-0.39, 0.29) is 0 Å². The summed E-state index contributed by atoms with van der Waals surface area (Å²) in [6.07, 6.45) is 5.18. The molecule has 1 N–H and O–H groups in total. The zero-order chi connectivity index (χ0) is 12.4. The fraction of sp³-hybridized carbons (Fsp3) is 0.500. The summed E-state index contributed by atoms with van der Waals surface area (Å²) >= 11 is 0. The quantitative estimate of drug-likeness (QED) is 0.805. The van der Waals surface area contributed by atoms with E-state index in [9.17, 15) is 4.79 Å². The van der Waals surface area contributed by atoms with Gasteiger partial charge in [0.2, 0.25) is 0 Å². The van der Waals surface area contributed by atoms with Crippen LogP contribution in [-0.4, -0.2) is 33.9 Å². The molecule has 0 radical (unpaired) electrons. The summed E-state index contributed by atoms with van der Waals surface area (Å²) in [5.41, 5.74) is 1.78. The Labute approximate surface area is 100 Å². The maximum Gasteiger partial charge on any atom is 0.328 e. The Morgan fingerprint density at radius 2 is 2.06 bits per heavy atom. The van der Waals surface area contributed by atoms with Crippen molar-refractivity contribution in [3.05, 3.63) is 17.3 Å². The van der Waals surface area contributed by atoms with Crippen LogP contribution in [0.2, 0.25) is 0 Å². The molecule has 1 fully saturated rings. The topological polar surface area (TPSA) is 58.4 Å². The molecule has 2 rings (SSSR count). The van der Waals surface area contributed by atoms with E-state index in [1.165, 1.54) is 18.9 Å². The number of aromatic nitrogens is 2. The maximum absolute atomic E-state index is 10.6. The summed E-state index contributed by atoms with van der Waals surface area (Å²) in [5.74, 6) is 0.0955. The van der Waals surface area contributed by atoms with Gasteiger partial charge in [0.25, 0.3) is 0 Å². The molecule has 0 aromatic carbocycles. The molecule has 0 aliphatic carbocycles. The molecule has 0 spiro atoms. The molecule has 0 saturated carbocycles. The van der Waals surface area contributed by atoms with Gasteiger partial charge in [0.1, 0.15) is 5.82 Å². The van der Waals surface area contributed by atoms with Crippen LogP contribution >= 0.6 is 0 Å². The standard InChI is InChI=1S/C12H17N3O2/c1-9-10(5-6-11(16)17)12(14(2)13-9)15-7-3-4-8-15/h5-6H,3-4,7-8H2,1-2H3,(H,16,17)/b6-5+. The number of carboxylic acid groups (broad SMARTS) is 1. The number of rotatable bonds is 3. The van der Waals surface area contributed by atoms with Crippen molar-refractivity contribution >= 4 is 17.9 Å². The van der Waals surface area contributed by atoms with E-state index in [2.05, 4.69) is 10.00 Å². The Hall–Kier alpha value is -1.78. The molecule has 0 bridgehead atoms. The predicted molar refractivity (Wildman–Crippen MR) is 66.1 cm³/mol. The van der Waals surface area contributed by atoms with Gasteiger partial charge in [-0.1, -0.05) is 0 Å². The fourth-order valence-electron chi connectivity index (χ4n) is 2.32. The van der Waals surface area contributed by atoms with Gasteiger partial charge in [-0.05, 0) is 25.8 Å². The second-order valence-corrected chi connectivity index (χ2v) is 4.31. The van der Waals surface area contributed by atoms with Crippen molar-refractivity contribution in [2.75, 3.05) is 18.0 Å². The molecule has 1 saturated heterocycles. The Balaban J connectivity index is 2.38. The Bertz CT molecular complexity index is 457. The number of anilines is 1. The molecule has 1 aliphatic rings. The number of aryl methyl sites for hydroxylation is 2. The lowest BCUT2D eigenvalue weighted by molar-refractivity contribution is -0.131. The summed E-state index contributed by atoms with van der Waals surface area (Å²) in [4.78, 5) is 12.9. The van der Waals surface area contributed by atoms with E-state index >= 15 is 0 Å². The van der Waals surface area contributed by atoms with Crippen molar-refractivity contribution in [1.29, 1.82) is 0 Å². The minimum atomic E-state index is -0.930. The summed E-state index contributed by atoms with van der Waals surface area (Å²) in [6, 6.07) is 0. The Kier molecular flexibility index (Phi) is 3.17. The lowest BCUT2D eigenvalue weighted by Crippen LogP contribution is -2.21. The van der Waals surface area contributed by atoms with Gasteiger partial charge < -0.3 is 10.0 Å². The normalized spacial score (nSPS) is 16.0. The molecule has 17 heavy (non-hydrogen) atoms. The number of hydrogen-bond acceptors (Lipinski definition) is 3. The van der Waals surface area contributed by atoms with E-state index in [0.717, 1.165) is 30.2 Å². The molecule has 1 aromatic heterocycles. The van der Waals surface area contributed by atoms with E-state index in [4.69, 9.17) is 5.11 Å². The van der Waals surface area contributed by atoms with Gasteiger partial charge in [-0.2, -0.15) is 5.10 Å². The van der Waals surface area contributed by atoms with Crippen LogP contribution < -0.4 is 4.90 Å². The number of aliphatic carboxylic acids is 1. The first-order chi connectivity index (χ1) is 8.09. The summed E-state index contributed by atoms with van der Waals surface area (Å²) in [6.45, 7) is 3.95. The minimum absolute atomic E-state index is 0.868. The summed E-state index contributed by atoms with van der Waals surface area (Å²) < 4.78 is 1.84. The van der Waals surface area contributed by atoms with Gasteiger partial charge in [-0.25, -0.2) is 4.79 Å². The van der Waals surface area contributed by atoms with Crippen LogP contribution in [0.3, 0.4) is 0 Å². The lowest BCUT2D eigenvalue weighted by Gasteiger charge is -2.18. The average molecular weight is 235 g/mol. The van der Waals surface area contributed by atoms with Gasteiger partial charge in [0.15, 0.2) is 0 Å². The van der Waals surface area contributed by atoms with Crippen molar-refractivity contribution in [2.45, 2.75) is 19.8 Å². The number of nitrogens with zero attached hydrogens (tertiary/aromatic N) is 3. The van der Waals surface area contributed by atoms with Crippen molar-refractivity contribution < 1.29 is 9.90 Å². The van der Waals surface area contributed by atoms with Crippen LogP contribution in [0.5, 0.6) is 0 Å². The molecule has 5 heteroatoms. The summed E-state index contributed by atoms with van der Waals surface area (Å²) in [7, 11) is 1.90. The van der Waals surface area contributed by atoms with E-state index < -0.39 is 5.97 Å². The Morgan fingerprint density at radius 1 is 1.41 bits per heavy atom. The van der Waals surface area contributed by atoms with Gasteiger partial charge >= 0.3 is 5.97 Å². The zero-order valence-electron chi connectivity index (χ0n) is 10.2. The van der Waals surface area contributed by atoms with Crippen LogP contribution in [-0.2, 0) is 11.8 Å². The first-order valence-corrected chi connectivity index (χ1v) is 5.79. The lowest BCUT2D eigenvalue weighted by atomic mass is 10.2. The SMILES string of the molecule is Cc1nn(C)c(N2CCCC2)c1/C=C/C(=O)O. The smallest absolute Gasteiger partial charge is 0.328 e. The molecular formula is C12H17N3O2. The molecule has 92 valence electrons. The molecule has 5 nitrogen and oxygen atoms in total. The molecule has 1 aromatic rings. The highest BCUT2D eigenvalue weighted by atomic mass is 16.4. The van der Waals surface area contributed by atoms with Crippen LogP contribution in [0.25, 0.3) is 6.08 Å². The maximum atomic E-state index is 10.6. The van der Waals surface area contributed by atoms with Gasteiger partial charge in [0, 0.05) is 31.8 Å². The minimum Gasteiger partial charge on any atom is -0.478 e. The molecule has 1 aliphatic heterocycles. The van der Waals surface area contributed by atoms with Gasteiger partial charge in [-0.3, -0.25) is 4.68 Å². The van der Waals surface area contributed by atoms with Crippen molar-refractivity contribution in [3.63, 3.8) is 0 Å². The largest absolute Gasteiger partial charge is 0.478 e. The monoisotopic (exact) mass is 235 g/mol. The average Bonchev–Trinajstić information content (AvgIpc) is 2.83. The van der Waals surface area contributed by atoms with Crippen LogP contribution in [0.4, 0.5) is 5.82 Å². The van der Waals surface area contributed by atoms with E-state index in [1.807, 2.05) is 18.7 Å². The molecular weight excluding hydrogens is 218 g/mol. The van der Waals surface area contributed by atoms with Crippen LogP contribution in [0.15, 0.2) is 6.08 Å². The number of hydrogen-bond donors (Lipinski definition) is 1. The fourth-order valence-corrected chi connectivity index (χ4v) is 2.32. The molecule has 2 heterocycles. The van der Waals surface area contributed by atoms with Crippen molar-refractivity contribution in [2.24, 2.45) is 7.05 Å². The predicted octanol–water partition coefficient (Wildman–Crippen LogP) is 1.43. The number of carboxylic acids is 1. The third-order valence-electron chi connectivity index (χ3n) is 3.04. The highest BCUT2D eigenvalue weighted by molar-refractivity contribution is 5.87. The third kappa shape index (κ3) is 2.33. The highest BCUT2D eigenvalue weighted by Crippen LogP contribution is 2.27.